The Bertz CT molecular complexity index is 1420. The molecule has 0 bridgehead atoms. The molecule has 1 aliphatic heterocycles. The molecule has 35 heavy (non-hydrogen) atoms. The second-order valence-electron chi connectivity index (χ2n) is 8.12. The number of aromatic hydroxyl groups is 1. The Labute approximate surface area is 208 Å². The first kappa shape index (κ1) is 24.7. The summed E-state index contributed by atoms with van der Waals surface area (Å²) in [6, 6.07) is 13.3. The van der Waals surface area contributed by atoms with Gasteiger partial charge in [0, 0.05) is 17.0 Å². The normalized spacial score (nSPS) is 14.4. The molecule has 4 rings (SSSR count). The third-order valence-corrected chi connectivity index (χ3v) is 8.51. The van der Waals surface area contributed by atoms with E-state index >= 15 is 0 Å². The van der Waals surface area contributed by atoms with Gasteiger partial charge in [-0.15, -0.1) is 0 Å². The number of methoxy groups -OCH3 is 2. The number of fused-ring (bicyclic) bond motifs is 1. The standard InChI is InChI=1S/C26H25NO6S2/c1-15-6-5-7-16(2)20(15)14-35(30,31)18-8-9-21-24(12-18)34-25(26(29)27-21)13-19-22(32-3)10-17(28)11-23(19)33-4/h5-13,28H,14H2,1-4H3,(H,27,29)/b25-13-. The predicted octanol–water partition coefficient (Wildman–Crippen LogP) is 5.09. The van der Waals surface area contributed by atoms with Gasteiger partial charge >= 0.3 is 0 Å². The van der Waals surface area contributed by atoms with E-state index in [9.17, 15) is 18.3 Å². The molecule has 1 heterocycles. The Morgan fingerprint density at radius 3 is 2.23 bits per heavy atom. The number of thioether (sulfide) groups is 1. The Hall–Kier alpha value is -3.43. The van der Waals surface area contributed by atoms with E-state index in [4.69, 9.17) is 9.47 Å². The molecule has 182 valence electrons. The second-order valence-corrected chi connectivity index (χ2v) is 11.2. The number of anilines is 1. The molecule has 3 aromatic carbocycles. The number of ether oxygens (including phenoxy) is 2. The van der Waals surface area contributed by atoms with E-state index in [-0.39, 0.29) is 22.3 Å². The Morgan fingerprint density at radius 2 is 1.63 bits per heavy atom. The monoisotopic (exact) mass is 511 g/mol. The number of aryl methyl sites for hydroxylation is 2. The first-order valence-corrected chi connectivity index (χ1v) is 13.2. The lowest BCUT2D eigenvalue weighted by molar-refractivity contribution is -0.112. The topological polar surface area (TPSA) is 102 Å². The lowest BCUT2D eigenvalue weighted by Gasteiger charge is -2.20. The lowest BCUT2D eigenvalue weighted by Crippen LogP contribution is -2.18. The van der Waals surface area contributed by atoms with E-state index in [2.05, 4.69) is 5.32 Å². The summed E-state index contributed by atoms with van der Waals surface area (Å²) in [4.78, 5) is 13.9. The number of amides is 1. The van der Waals surface area contributed by atoms with Crippen LogP contribution in [0.1, 0.15) is 22.3 Å². The first-order valence-electron chi connectivity index (χ1n) is 10.7. The van der Waals surface area contributed by atoms with Crippen molar-refractivity contribution in [3.8, 4) is 17.2 Å². The van der Waals surface area contributed by atoms with Gasteiger partial charge in [0.05, 0.1) is 41.0 Å². The molecule has 0 radical (unpaired) electrons. The van der Waals surface area contributed by atoms with Crippen LogP contribution >= 0.6 is 11.8 Å². The van der Waals surface area contributed by atoms with Crippen LogP contribution in [0, 0.1) is 13.8 Å². The zero-order valence-electron chi connectivity index (χ0n) is 19.7. The third kappa shape index (κ3) is 5.01. The van der Waals surface area contributed by atoms with Crippen LogP contribution in [0.15, 0.2) is 63.2 Å². The highest BCUT2D eigenvalue weighted by Gasteiger charge is 2.26. The van der Waals surface area contributed by atoms with Crippen molar-refractivity contribution in [3.05, 3.63) is 75.7 Å². The summed E-state index contributed by atoms with van der Waals surface area (Å²) < 4.78 is 37.2. The summed E-state index contributed by atoms with van der Waals surface area (Å²) in [5, 5.41) is 12.7. The molecule has 0 saturated heterocycles. The van der Waals surface area contributed by atoms with Crippen molar-refractivity contribution in [1.29, 1.82) is 0 Å². The Morgan fingerprint density at radius 1 is 1.00 bits per heavy atom. The molecule has 9 heteroatoms. The fraction of sp³-hybridized carbons (Fsp3) is 0.192. The molecule has 7 nitrogen and oxygen atoms in total. The Kier molecular flexibility index (Phi) is 6.82. The number of sulfone groups is 1. The van der Waals surface area contributed by atoms with Crippen LogP contribution in [0.5, 0.6) is 17.2 Å². The zero-order chi connectivity index (χ0) is 25.3. The second kappa shape index (κ2) is 9.67. The van der Waals surface area contributed by atoms with Crippen molar-refractivity contribution < 1.29 is 27.8 Å². The maximum absolute atomic E-state index is 13.3. The highest BCUT2D eigenvalue weighted by molar-refractivity contribution is 8.04. The van der Waals surface area contributed by atoms with E-state index in [0.717, 1.165) is 28.5 Å². The number of phenolic OH excluding ortho intramolecular Hbond substituents is 1. The van der Waals surface area contributed by atoms with Crippen molar-refractivity contribution in [2.75, 3.05) is 19.5 Å². The summed E-state index contributed by atoms with van der Waals surface area (Å²) in [5.74, 6) is 0.180. The van der Waals surface area contributed by atoms with Crippen LogP contribution in [0.25, 0.3) is 6.08 Å². The lowest BCUT2D eigenvalue weighted by atomic mass is 10.1. The van der Waals surface area contributed by atoms with E-state index in [0.29, 0.717) is 32.6 Å². The van der Waals surface area contributed by atoms with Crippen LogP contribution in [-0.4, -0.2) is 33.7 Å². The van der Waals surface area contributed by atoms with Crippen molar-refractivity contribution in [2.24, 2.45) is 0 Å². The third-order valence-electron chi connectivity index (χ3n) is 5.79. The average Bonchev–Trinajstić information content (AvgIpc) is 2.82. The number of hydrogen-bond acceptors (Lipinski definition) is 7. The minimum absolute atomic E-state index is 0.0364. The van der Waals surface area contributed by atoms with Gasteiger partial charge in [0.25, 0.3) is 5.91 Å². The van der Waals surface area contributed by atoms with E-state index in [1.807, 2.05) is 32.0 Å². The van der Waals surface area contributed by atoms with E-state index in [1.54, 1.807) is 18.2 Å². The fourth-order valence-electron chi connectivity index (χ4n) is 3.88. The molecule has 0 fully saturated rings. The molecule has 3 aromatic rings. The molecule has 0 aliphatic carbocycles. The number of hydrogen-bond donors (Lipinski definition) is 2. The fourth-order valence-corrected chi connectivity index (χ4v) is 6.50. The number of phenols is 1. The number of benzene rings is 3. The predicted molar refractivity (Wildman–Crippen MR) is 137 cm³/mol. The van der Waals surface area contributed by atoms with E-state index in [1.165, 1.54) is 32.4 Å². The van der Waals surface area contributed by atoms with Crippen LogP contribution in [0.2, 0.25) is 0 Å². The zero-order valence-corrected chi connectivity index (χ0v) is 21.3. The number of rotatable bonds is 6. The quantitative estimate of drug-likeness (QED) is 0.445. The Balaban J connectivity index is 1.71. The smallest absolute Gasteiger partial charge is 0.262 e. The van der Waals surface area contributed by atoms with Gasteiger partial charge in [-0.2, -0.15) is 0 Å². The number of carbonyl (C=O) groups is 1. The molecule has 2 N–H and O–H groups in total. The van der Waals surface area contributed by atoms with Gasteiger partial charge in [-0.3, -0.25) is 4.79 Å². The molecular weight excluding hydrogens is 486 g/mol. The summed E-state index contributed by atoms with van der Waals surface area (Å²) in [7, 11) is -0.718. The number of nitrogens with one attached hydrogen (secondary N) is 1. The maximum atomic E-state index is 13.3. The summed E-state index contributed by atoms with van der Waals surface area (Å²) in [6.07, 6.45) is 1.60. The van der Waals surface area contributed by atoms with Gasteiger partial charge in [-0.1, -0.05) is 30.0 Å². The van der Waals surface area contributed by atoms with Crippen LogP contribution in [0.4, 0.5) is 5.69 Å². The van der Waals surface area contributed by atoms with Crippen LogP contribution in [0.3, 0.4) is 0 Å². The minimum atomic E-state index is -3.62. The molecule has 0 aromatic heterocycles. The molecule has 0 unspecified atom stereocenters. The largest absolute Gasteiger partial charge is 0.508 e. The SMILES string of the molecule is COc1cc(O)cc(OC)c1/C=C1\Sc2cc(S(=O)(=O)Cc3c(C)cccc3C)ccc2NC1=O. The van der Waals surface area contributed by atoms with Crippen molar-refractivity contribution in [2.45, 2.75) is 29.4 Å². The molecule has 0 atom stereocenters. The maximum Gasteiger partial charge on any atom is 0.262 e. The minimum Gasteiger partial charge on any atom is -0.508 e. The molecule has 1 amide bonds. The molecule has 1 aliphatic rings. The molecular formula is C26H25NO6S2. The molecule has 0 spiro atoms. The highest BCUT2D eigenvalue weighted by atomic mass is 32.2. The van der Waals surface area contributed by atoms with Crippen LogP contribution in [-0.2, 0) is 20.4 Å². The summed E-state index contributed by atoms with van der Waals surface area (Å²) in [6.45, 7) is 3.80. The molecule has 0 saturated carbocycles. The van der Waals surface area contributed by atoms with Crippen LogP contribution < -0.4 is 14.8 Å². The summed E-state index contributed by atoms with van der Waals surface area (Å²) in [5.41, 5.74) is 3.66. The van der Waals surface area contributed by atoms with Gasteiger partial charge in [-0.25, -0.2) is 8.42 Å². The van der Waals surface area contributed by atoms with Gasteiger partial charge < -0.3 is 19.9 Å². The number of carbonyl (C=O) groups excluding carboxylic acids is 1. The van der Waals surface area contributed by atoms with Gasteiger partial charge in [0.2, 0.25) is 0 Å². The highest BCUT2D eigenvalue weighted by Crippen LogP contribution is 2.43. The van der Waals surface area contributed by atoms with Gasteiger partial charge in [0.1, 0.15) is 17.2 Å². The van der Waals surface area contributed by atoms with Crippen molar-refractivity contribution in [1.82, 2.24) is 0 Å². The van der Waals surface area contributed by atoms with E-state index < -0.39 is 9.84 Å². The van der Waals surface area contributed by atoms with Gasteiger partial charge in [-0.05, 0) is 54.8 Å². The first-order chi connectivity index (χ1) is 16.6. The van der Waals surface area contributed by atoms with Crippen molar-refractivity contribution >= 4 is 39.3 Å². The van der Waals surface area contributed by atoms with Crippen molar-refractivity contribution in [3.63, 3.8) is 0 Å². The van der Waals surface area contributed by atoms with Gasteiger partial charge in [0.15, 0.2) is 9.84 Å². The summed E-state index contributed by atoms with van der Waals surface area (Å²) >= 11 is 1.16. The average molecular weight is 512 g/mol.